The van der Waals surface area contributed by atoms with Gasteiger partial charge in [0.15, 0.2) is 17.3 Å². The van der Waals surface area contributed by atoms with E-state index in [0.717, 1.165) is 4.88 Å². The van der Waals surface area contributed by atoms with Crippen LogP contribution < -0.4 is 4.74 Å². The average molecular weight is 250 g/mol. The number of ether oxygens (including phenoxy) is 1. The lowest BCUT2D eigenvalue weighted by molar-refractivity contribution is 0.103. The third-order valence-corrected chi connectivity index (χ3v) is 3.27. The summed E-state index contributed by atoms with van der Waals surface area (Å²) >= 11 is 1.50. The number of hydrogen-bond donors (Lipinski definition) is 0. The Kier molecular flexibility index (Phi) is 3.24. The van der Waals surface area contributed by atoms with Crippen LogP contribution in [0, 0.1) is 12.7 Å². The Hall–Kier alpha value is -1.68. The predicted octanol–water partition coefficient (Wildman–Crippen LogP) is 3.44. The Balaban J connectivity index is 2.35. The van der Waals surface area contributed by atoms with Crippen molar-refractivity contribution in [2.24, 2.45) is 0 Å². The van der Waals surface area contributed by atoms with E-state index in [9.17, 15) is 9.18 Å². The molecule has 0 N–H and O–H groups in total. The SMILES string of the molecule is COc1ccc(C(=O)c2csc(C)c2)cc1F. The number of carbonyl (C=O) groups is 1. The van der Waals surface area contributed by atoms with Gasteiger partial charge in [-0.3, -0.25) is 4.79 Å². The molecule has 0 saturated carbocycles. The van der Waals surface area contributed by atoms with E-state index in [1.165, 1.54) is 30.6 Å². The molecule has 0 aliphatic carbocycles. The minimum Gasteiger partial charge on any atom is -0.494 e. The fraction of sp³-hybridized carbons (Fsp3) is 0.154. The molecule has 0 fully saturated rings. The monoisotopic (exact) mass is 250 g/mol. The predicted molar refractivity (Wildman–Crippen MR) is 65.4 cm³/mol. The Labute approximate surface area is 103 Å². The number of methoxy groups -OCH3 is 1. The molecule has 0 aliphatic heterocycles. The summed E-state index contributed by atoms with van der Waals surface area (Å²) < 4.78 is 18.3. The molecule has 2 nitrogen and oxygen atoms in total. The fourth-order valence-electron chi connectivity index (χ4n) is 1.54. The molecule has 2 rings (SSSR count). The van der Waals surface area contributed by atoms with Crippen LogP contribution in [0.3, 0.4) is 0 Å². The second-order valence-electron chi connectivity index (χ2n) is 3.62. The lowest BCUT2D eigenvalue weighted by Gasteiger charge is -2.03. The van der Waals surface area contributed by atoms with E-state index in [1.54, 1.807) is 17.5 Å². The summed E-state index contributed by atoms with van der Waals surface area (Å²) in [6.45, 7) is 1.93. The summed E-state index contributed by atoms with van der Waals surface area (Å²) in [4.78, 5) is 13.1. The molecule has 1 heterocycles. The van der Waals surface area contributed by atoms with Gasteiger partial charge in [-0.15, -0.1) is 11.3 Å². The van der Waals surface area contributed by atoms with Gasteiger partial charge < -0.3 is 4.74 Å². The van der Waals surface area contributed by atoms with Crippen LogP contribution in [0.5, 0.6) is 5.75 Å². The van der Waals surface area contributed by atoms with Gasteiger partial charge in [-0.05, 0) is 31.2 Å². The molecule has 0 unspecified atom stereocenters. The summed E-state index contributed by atoms with van der Waals surface area (Å²) in [7, 11) is 1.39. The van der Waals surface area contributed by atoms with E-state index in [1.807, 2.05) is 6.92 Å². The van der Waals surface area contributed by atoms with Crippen LogP contribution in [-0.2, 0) is 0 Å². The summed E-state index contributed by atoms with van der Waals surface area (Å²) in [6.07, 6.45) is 0. The number of halogens is 1. The van der Waals surface area contributed by atoms with Crippen LogP contribution in [0.4, 0.5) is 4.39 Å². The molecule has 0 saturated heterocycles. The number of thiophene rings is 1. The molecular weight excluding hydrogens is 239 g/mol. The van der Waals surface area contributed by atoms with Crippen LogP contribution in [0.15, 0.2) is 29.6 Å². The van der Waals surface area contributed by atoms with Crippen LogP contribution >= 0.6 is 11.3 Å². The number of carbonyl (C=O) groups excluding carboxylic acids is 1. The van der Waals surface area contributed by atoms with Gasteiger partial charge in [0.25, 0.3) is 0 Å². The highest BCUT2D eigenvalue weighted by atomic mass is 32.1. The molecule has 17 heavy (non-hydrogen) atoms. The van der Waals surface area contributed by atoms with Crippen molar-refractivity contribution in [1.82, 2.24) is 0 Å². The highest BCUT2D eigenvalue weighted by Gasteiger charge is 2.13. The van der Waals surface area contributed by atoms with Gasteiger partial charge in [-0.25, -0.2) is 4.39 Å². The van der Waals surface area contributed by atoms with Crippen molar-refractivity contribution in [3.8, 4) is 5.75 Å². The van der Waals surface area contributed by atoms with Crippen molar-refractivity contribution in [1.29, 1.82) is 0 Å². The molecule has 2 aromatic rings. The molecule has 1 aromatic heterocycles. The normalized spacial score (nSPS) is 10.3. The van der Waals surface area contributed by atoms with Crippen LogP contribution in [-0.4, -0.2) is 12.9 Å². The Morgan fingerprint density at radius 3 is 2.59 bits per heavy atom. The second kappa shape index (κ2) is 4.67. The number of benzene rings is 1. The maximum absolute atomic E-state index is 13.5. The molecule has 0 aliphatic rings. The third kappa shape index (κ3) is 2.36. The molecule has 0 atom stereocenters. The lowest BCUT2D eigenvalue weighted by atomic mass is 10.1. The van der Waals surface area contributed by atoms with Crippen LogP contribution in [0.1, 0.15) is 20.8 Å². The fourth-order valence-corrected chi connectivity index (χ4v) is 2.22. The zero-order chi connectivity index (χ0) is 12.4. The Morgan fingerprint density at radius 2 is 2.06 bits per heavy atom. The maximum atomic E-state index is 13.5. The molecule has 88 valence electrons. The standard InChI is InChI=1S/C13H11FO2S/c1-8-5-10(7-17-8)13(15)9-3-4-12(16-2)11(14)6-9/h3-7H,1-2H3. The van der Waals surface area contributed by atoms with E-state index in [2.05, 4.69) is 0 Å². The second-order valence-corrected chi connectivity index (χ2v) is 4.74. The summed E-state index contributed by atoms with van der Waals surface area (Å²) in [5, 5.41) is 1.78. The summed E-state index contributed by atoms with van der Waals surface area (Å²) in [5.41, 5.74) is 0.929. The molecular formula is C13H11FO2S. The minimum atomic E-state index is -0.523. The Morgan fingerprint density at radius 1 is 1.29 bits per heavy atom. The highest BCUT2D eigenvalue weighted by Crippen LogP contribution is 2.21. The van der Waals surface area contributed by atoms with Crippen molar-refractivity contribution in [3.63, 3.8) is 0 Å². The molecule has 0 spiro atoms. The van der Waals surface area contributed by atoms with Crippen LogP contribution in [0.25, 0.3) is 0 Å². The van der Waals surface area contributed by atoms with Gasteiger partial charge in [0.1, 0.15) is 0 Å². The molecule has 1 aromatic carbocycles. The first-order valence-electron chi connectivity index (χ1n) is 5.05. The van der Waals surface area contributed by atoms with Gasteiger partial charge in [0, 0.05) is 21.4 Å². The topological polar surface area (TPSA) is 26.3 Å². The summed E-state index contributed by atoms with van der Waals surface area (Å²) in [6, 6.07) is 6.03. The van der Waals surface area contributed by atoms with E-state index in [4.69, 9.17) is 4.74 Å². The minimum absolute atomic E-state index is 0.142. The number of hydrogen-bond acceptors (Lipinski definition) is 3. The van der Waals surface area contributed by atoms with Gasteiger partial charge >= 0.3 is 0 Å². The lowest BCUT2D eigenvalue weighted by Crippen LogP contribution is -2.01. The van der Waals surface area contributed by atoms with Gasteiger partial charge in [0.05, 0.1) is 7.11 Å². The van der Waals surface area contributed by atoms with Crippen molar-refractivity contribution >= 4 is 17.1 Å². The van der Waals surface area contributed by atoms with Crippen LogP contribution in [0.2, 0.25) is 0 Å². The molecule has 0 radical (unpaired) electrons. The van der Waals surface area contributed by atoms with Gasteiger partial charge in [-0.2, -0.15) is 0 Å². The van der Waals surface area contributed by atoms with E-state index in [-0.39, 0.29) is 11.5 Å². The zero-order valence-corrected chi connectivity index (χ0v) is 10.3. The number of rotatable bonds is 3. The first kappa shape index (κ1) is 11.8. The zero-order valence-electron chi connectivity index (χ0n) is 9.49. The maximum Gasteiger partial charge on any atom is 0.193 e. The van der Waals surface area contributed by atoms with Gasteiger partial charge in [-0.1, -0.05) is 0 Å². The first-order chi connectivity index (χ1) is 8.11. The smallest absolute Gasteiger partial charge is 0.193 e. The van der Waals surface area contributed by atoms with E-state index in [0.29, 0.717) is 11.1 Å². The van der Waals surface area contributed by atoms with Crippen molar-refractivity contribution in [2.75, 3.05) is 7.11 Å². The van der Waals surface area contributed by atoms with Crippen molar-refractivity contribution in [3.05, 3.63) is 51.5 Å². The van der Waals surface area contributed by atoms with Crippen molar-refractivity contribution < 1.29 is 13.9 Å². The van der Waals surface area contributed by atoms with E-state index < -0.39 is 5.82 Å². The van der Waals surface area contributed by atoms with E-state index >= 15 is 0 Å². The number of ketones is 1. The third-order valence-electron chi connectivity index (χ3n) is 2.41. The van der Waals surface area contributed by atoms with Crippen molar-refractivity contribution in [2.45, 2.75) is 6.92 Å². The number of aryl methyl sites for hydroxylation is 1. The largest absolute Gasteiger partial charge is 0.494 e. The average Bonchev–Trinajstić information content (AvgIpc) is 2.75. The first-order valence-corrected chi connectivity index (χ1v) is 5.93. The van der Waals surface area contributed by atoms with Gasteiger partial charge in [0.2, 0.25) is 0 Å². The quantitative estimate of drug-likeness (QED) is 0.780. The molecule has 0 amide bonds. The highest BCUT2D eigenvalue weighted by molar-refractivity contribution is 7.10. The molecule has 0 bridgehead atoms. The summed E-state index contributed by atoms with van der Waals surface area (Å²) in [5.74, 6) is -0.552. The molecule has 4 heteroatoms. The Bertz CT molecular complexity index is 560.